The van der Waals surface area contributed by atoms with E-state index < -0.39 is 11.9 Å². The number of carbonyl (C=O) groups excluding carboxylic acids is 1. The first-order valence-electron chi connectivity index (χ1n) is 9.10. The zero-order valence-corrected chi connectivity index (χ0v) is 15.8. The first kappa shape index (κ1) is 20.1. The molecule has 150 valence electrons. The Morgan fingerprint density at radius 1 is 1.24 bits per heavy atom. The molecule has 0 fully saturated rings. The van der Waals surface area contributed by atoms with Gasteiger partial charge in [-0.25, -0.2) is 14.6 Å². The van der Waals surface area contributed by atoms with Gasteiger partial charge in [-0.1, -0.05) is 18.2 Å². The van der Waals surface area contributed by atoms with Gasteiger partial charge in [-0.2, -0.15) is 0 Å². The van der Waals surface area contributed by atoms with E-state index in [1.54, 1.807) is 6.33 Å². The number of para-hydroxylation sites is 1. The number of rotatable bonds is 4. The van der Waals surface area contributed by atoms with Crippen molar-refractivity contribution in [1.82, 2.24) is 14.5 Å². The molecule has 1 aliphatic carbocycles. The molecule has 0 saturated carbocycles. The molecule has 1 aliphatic rings. The Bertz CT molecular complexity index is 1060. The van der Waals surface area contributed by atoms with Gasteiger partial charge in [0.1, 0.15) is 0 Å². The van der Waals surface area contributed by atoms with Gasteiger partial charge in [0.15, 0.2) is 5.78 Å². The molecule has 2 aromatic heterocycles. The zero-order valence-electron chi connectivity index (χ0n) is 15.8. The standard InChI is InChI=1S/C17H17N3O.C4H4O4/c1-20-14-5-3-2-4-13(14)16-15(20)7-6-11(17(16)21)8-12-9-18-10-19-12;5-3(6)1-2-4(7)8/h2-5,9-11H,6-8H2,1H3,(H,18,19);1-2H,(H,5,6)(H,7,8). The number of benzene rings is 1. The predicted octanol–water partition coefficient (Wildman–Crippen LogP) is 2.60. The summed E-state index contributed by atoms with van der Waals surface area (Å²) in [5, 5.41) is 16.7. The molecule has 0 spiro atoms. The minimum atomic E-state index is -1.26. The van der Waals surface area contributed by atoms with Crippen molar-refractivity contribution in [3.63, 3.8) is 0 Å². The summed E-state index contributed by atoms with van der Waals surface area (Å²) < 4.78 is 2.17. The van der Waals surface area contributed by atoms with Crippen LogP contribution in [-0.4, -0.2) is 42.5 Å². The molecule has 0 amide bonds. The van der Waals surface area contributed by atoms with Crippen LogP contribution in [0.15, 0.2) is 48.9 Å². The molecule has 8 heteroatoms. The number of Topliss-reactive ketones (excluding diaryl/α,β-unsaturated/α-hetero) is 1. The average molecular weight is 395 g/mol. The molecular formula is C21H21N3O5. The molecule has 1 aromatic carbocycles. The Kier molecular flexibility index (Phi) is 5.92. The van der Waals surface area contributed by atoms with Crippen LogP contribution in [0.25, 0.3) is 10.9 Å². The number of carboxylic acids is 2. The van der Waals surface area contributed by atoms with E-state index >= 15 is 0 Å². The van der Waals surface area contributed by atoms with Gasteiger partial charge in [0.2, 0.25) is 0 Å². The third kappa shape index (κ3) is 4.43. The first-order chi connectivity index (χ1) is 13.9. The number of aromatic nitrogens is 3. The number of carboxylic acid groups (broad SMARTS) is 2. The van der Waals surface area contributed by atoms with Crippen molar-refractivity contribution in [3.05, 3.63) is 65.9 Å². The van der Waals surface area contributed by atoms with E-state index in [4.69, 9.17) is 10.2 Å². The second-order valence-electron chi connectivity index (χ2n) is 6.77. The van der Waals surface area contributed by atoms with Gasteiger partial charge in [-0.3, -0.25) is 4.79 Å². The highest BCUT2D eigenvalue weighted by Gasteiger charge is 2.32. The molecule has 2 heterocycles. The normalized spacial score (nSPS) is 15.8. The van der Waals surface area contributed by atoms with Crippen LogP contribution in [-0.2, 0) is 29.5 Å². The lowest BCUT2D eigenvalue weighted by Gasteiger charge is -2.21. The zero-order chi connectivity index (χ0) is 21.0. The molecular weight excluding hydrogens is 374 g/mol. The Labute approximate surface area is 166 Å². The van der Waals surface area contributed by atoms with Crippen LogP contribution in [0.1, 0.15) is 28.2 Å². The van der Waals surface area contributed by atoms with Crippen LogP contribution in [0.5, 0.6) is 0 Å². The maximum Gasteiger partial charge on any atom is 0.328 e. The van der Waals surface area contributed by atoms with E-state index in [0.29, 0.717) is 12.2 Å². The van der Waals surface area contributed by atoms with Crippen LogP contribution < -0.4 is 0 Å². The maximum absolute atomic E-state index is 12.9. The average Bonchev–Trinajstić information content (AvgIpc) is 3.30. The molecule has 3 aromatic rings. The van der Waals surface area contributed by atoms with Crippen molar-refractivity contribution in [2.24, 2.45) is 13.0 Å². The lowest BCUT2D eigenvalue weighted by atomic mass is 9.82. The molecule has 29 heavy (non-hydrogen) atoms. The summed E-state index contributed by atoms with van der Waals surface area (Å²) >= 11 is 0. The smallest absolute Gasteiger partial charge is 0.328 e. The fraction of sp³-hybridized carbons (Fsp3) is 0.238. The van der Waals surface area contributed by atoms with Crippen LogP contribution in [0.2, 0.25) is 0 Å². The second kappa shape index (κ2) is 8.55. The maximum atomic E-state index is 12.9. The van der Waals surface area contributed by atoms with E-state index in [2.05, 4.69) is 33.7 Å². The SMILES string of the molecule is Cn1c2c(c3ccccc31)C(=O)C(Cc1c[nH]cn1)CC2.O=C(O)C=CC(=O)O. The quantitative estimate of drug-likeness (QED) is 0.583. The third-order valence-electron chi connectivity index (χ3n) is 4.95. The summed E-state index contributed by atoms with van der Waals surface area (Å²) in [6, 6.07) is 8.18. The number of hydrogen-bond acceptors (Lipinski definition) is 4. The van der Waals surface area contributed by atoms with Gasteiger partial charge >= 0.3 is 11.9 Å². The monoisotopic (exact) mass is 395 g/mol. The van der Waals surface area contributed by atoms with Crippen LogP contribution in [0, 0.1) is 5.92 Å². The lowest BCUT2D eigenvalue weighted by molar-refractivity contribution is -0.134. The predicted molar refractivity (Wildman–Crippen MR) is 106 cm³/mol. The number of fused-ring (bicyclic) bond motifs is 3. The van der Waals surface area contributed by atoms with Crippen molar-refractivity contribution in [2.75, 3.05) is 0 Å². The molecule has 1 atom stereocenters. The number of nitrogens with one attached hydrogen (secondary N) is 1. The summed E-state index contributed by atoms with van der Waals surface area (Å²) in [4.78, 5) is 39.2. The number of aromatic amines is 1. The van der Waals surface area contributed by atoms with E-state index in [9.17, 15) is 14.4 Å². The number of ketones is 1. The summed E-state index contributed by atoms with van der Waals surface area (Å²) in [7, 11) is 2.06. The van der Waals surface area contributed by atoms with Crippen molar-refractivity contribution < 1.29 is 24.6 Å². The molecule has 1 unspecified atom stereocenters. The van der Waals surface area contributed by atoms with Crippen molar-refractivity contribution in [1.29, 1.82) is 0 Å². The highest BCUT2D eigenvalue weighted by molar-refractivity contribution is 6.11. The molecule has 4 rings (SSSR count). The second-order valence-corrected chi connectivity index (χ2v) is 6.77. The van der Waals surface area contributed by atoms with Gasteiger partial charge in [0, 0.05) is 59.9 Å². The summed E-state index contributed by atoms with van der Waals surface area (Å²) in [5.74, 6) is -2.19. The first-order valence-corrected chi connectivity index (χ1v) is 9.10. The molecule has 0 saturated heterocycles. The number of imidazole rings is 1. The van der Waals surface area contributed by atoms with Crippen molar-refractivity contribution >= 4 is 28.6 Å². The van der Waals surface area contributed by atoms with Crippen LogP contribution in [0.3, 0.4) is 0 Å². The van der Waals surface area contributed by atoms with Gasteiger partial charge in [-0.05, 0) is 18.9 Å². The largest absolute Gasteiger partial charge is 0.478 e. The Morgan fingerprint density at radius 3 is 2.55 bits per heavy atom. The number of carbonyl (C=O) groups is 3. The molecule has 0 bridgehead atoms. The fourth-order valence-electron chi connectivity index (χ4n) is 3.65. The molecule has 8 nitrogen and oxygen atoms in total. The highest BCUT2D eigenvalue weighted by atomic mass is 16.4. The Balaban J connectivity index is 0.000000258. The summed E-state index contributed by atoms with van der Waals surface area (Å²) in [6.07, 6.45) is 7.26. The van der Waals surface area contributed by atoms with Gasteiger partial charge in [0.25, 0.3) is 0 Å². The minimum Gasteiger partial charge on any atom is -0.478 e. The third-order valence-corrected chi connectivity index (χ3v) is 4.95. The number of H-pyrrole nitrogens is 1. The summed E-state index contributed by atoms with van der Waals surface area (Å²) in [6.45, 7) is 0. The summed E-state index contributed by atoms with van der Waals surface area (Å²) in [5.41, 5.74) is 4.23. The number of nitrogens with zero attached hydrogens (tertiary/aromatic N) is 2. The van der Waals surface area contributed by atoms with E-state index in [1.165, 1.54) is 5.69 Å². The van der Waals surface area contributed by atoms with Gasteiger partial charge in [0.05, 0.1) is 12.0 Å². The van der Waals surface area contributed by atoms with Crippen LogP contribution >= 0.6 is 0 Å². The molecule has 3 N–H and O–H groups in total. The Morgan fingerprint density at radius 2 is 1.93 bits per heavy atom. The number of aliphatic carboxylic acids is 2. The van der Waals surface area contributed by atoms with Crippen LogP contribution in [0.4, 0.5) is 0 Å². The minimum absolute atomic E-state index is 0.0478. The highest BCUT2D eigenvalue weighted by Crippen LogP contribution is 2.34. The van der Waals surface area contributed by atoms with E-state index in [0.717, 1.165) is 41.4 Å². The van der Waals surface area contributed by atoms with Gasteiger partial charge in [-0.15, -0.1) is 0 Å². The molecule has 0 aliphatic heterocycles. The van der Waals surface area contributed by atoms with E-state index in [-0.39, 0.29) is 11.7 Å². The fourth-order valence-corrected chi connectivity index (χ4v) is 3.65. The lowest BCUT2D eigenvalue weighted by Crippen LogP contribution is -2.25. The topological polar surface area (TPSA) is 125 Å². The van der Waals surface area contributed by atoms with Crippen molar-refractivity contribution in [3.8, 4) is 0 Å². The Hall–Kier alpha value is -3.68. The number of hydrogen-bond donors (Lipinski definition) is 3. The van der Waals surface area contributed by atoms with Crippen molar-refractivity contribution in [2.45, 2.75) is 19.3 Å². The van der Waals surface area contributed by atoms with Gasteiger partial charge < -0.3 is 19.8 Å². The number of aryl methyl sites for hydroxylation is 1. The molecule has 0 radical (unpaired) electrons. The van der Waals surface area contributed by atoms with E-state index in [1.807, 2.05) is 18.3 Å².